The zero-order valence-corrected chi connectivity index (χ0v) is 12.1. The summed E-state index contributed by atoms with van der Waals surface area (Å²) in [6.45, 7) is 1.85. The van der Waals surface area contributed by atoms with Crippen molar-refractivity contribution in [2.24, 2.45) is 0 Å². The molecule has 0 radical (unpaired) electrons. The number of nitrogens with one attached hydrogen (secondary N) is 1. The predicted octanol–water partition coefficient (Wildman–Crippen LogP) is 3.84. The molecule has 1 amide bonds. The highest BCUT2D eigenvalue weighted by Gasteiger charge is 2.11. The van der Waals surface area contributed by atoms with Gasteiger partial charge in [-0.15, -0.1) is 0 Å². The lowest BCUT2D eigenvalue weighted by Gasteiger charge is -2.09. The number of aryl methyl sites for hydroxylation is 1. The summed E-state index contributed by atoms with van der Waals surface area (Å²) in [5, 5.41) is 4.21. The van der Waals surface area contributed by atoms with Gasteiger partial charge in [-0.1, -0.05) is 17.7 Å². The Labute approximate surface area is 126 Å². The van der Waals surface area contributed by atoms with Gasteiger partial charge in [-0.2, -0.15) is 0 Å². The zero-order chi connectivity index (χ0) is 14.8. The molecule has 2 aromatic heterocycles. The van der Waals surface area contributed by atoms with E-state index in [9.17, 15) is 4.79 Å². The SMILES string of the molecule is Cc1cccc(C(=O)Nc2ccc(Cl)c3ncccc23)n1. The van der Waals surface area contributed by atoms with Crippen molar-refractivity contribution in [3.05, 3.63) is 65.1 Å². The van der Waals surface area contributed by atoms with E-state index in [2.05, 4.69) is 15.3 Å². The van der Waals surface area contributed by atoms with Gasteiger partial charge in [-0.25, -0.2) is 4.98 Å². The van der Waals surface area contributed by atoms with Crippen molar-refractivity contribution in [3.63, 3.8) is 0 Å². The smallest absolute Gasteiger partial charge is 0.274 e. The van der Waals surface area contributed by atoms with Crippen molar-refractivity contribution in [1.29, 1.82) is 0 Å². The average molecular weight is 298 g/mol. The third-order valence-corrected chi connectivity index (χ3v) is 3.39. The number of hydrogen-bond donors (Lipinski definition) is 1. The molecule has 21 heavy (non-hydrogen) atoms. The zero-order valence-electron chi connectivity index (χ0n) is 11.3. The van der Waals surface area contributed by atoms with E-state index in [1.807, 2.05) is 19.1 Å². The fraction of sp³-hybridized carbons (Fsp3) is 0.0625. The van der Waals surface area contributed by atoms with Crippen LogP contribution in [0.2, 0.25) is 5.02 Å². The van der Waals surface area contributed by atoms with Gasteiger partial charge in [-0.05, 0) is 43.3 Å². The van der Waals surface area contributed by atoms with Gasteiger partial charge in [0.15, 0.2) is 0 Å². The molecule has 3 aromatic rings. The normalized spacial score (nSPS) is 10.6. The molecule has 0 fully saturated rings. The van der Waals surface area contributed by atoms with Gasteiger partial charge in [0.05, 0.1) is 16.2 Å². The topological polar surface area (TPSA) is 54.9 Å². The van der Waals surface area contributed by atoms with Crippen LogP contribution < -0.4 is 5.32 Å². The Morgan fingerprint density at radius 2 is 2.00 bits per heavy atom. The molecule has 0 saturated carbocycles. The number of halogens is 1. The number of pyridine rings is 2. The summed E-state index contributed by atoms with van der Waals surface area (Å²) in [4.78, 5) is 20.7. The first kappa shape index (κ1) is 13.5. The van der Waals surface area contributed by atoms with E-state index < -0.39 is 0 Å². The first-order valence-electron chi connectivity index (χ1n) is 6.43. The summed E-state index contributed by atoms with van der Waals surface area (Å²) < 4.78 is 0. The third-order valence-electron chi connectivity index (χ3n) is 3.09. The van der Waals surface area contributed by atoms with Gasteiger partial charge in [0.25, 0.3) is 5.91 Å². The summed E-state index contributed by atoms with van der Waals surface area (Å²) in [6, 6.07) is 12.5. The van der Waals surface area contributed by atoms with Crippen molar-refractivity contribution in [3.8, 4) is 0 Å². The number of hydrogen-bond acceptors (Lipinski definition) is 3. The first-order valence-corrected chi connectivity index (χ1v) is 6.81. The number of rotatable bonds is 2. The molecular weight excluding hydrogens is 286 g/mol. The van der Waals surface area contributed by atoms with Crippen LogP contribution in [-0.4, -0.2) is 15.9 Å². The number of carbonyl (C=O) groups is 1. The largest absolute Gasteiger partial charge is 0.320 e. The van der Waals surface area contributed by atoms with Crippen LogP contribution in [0.15, 0.2) is 48.7 Å². The molecule has 4 nitrogen and oxygen atoms in total. The number of amides is 1. The van der Waals surface area contributed by atoms with Gasteiger partial charge >= 0.3 is 0 Å². The van der Waals surface area contributed by atoms with Crippen molar-refractivity contribution >= 4 is 34.1 Å². The monoisotopic (exact) mass is 297 g/mol. The van der Waals surface area contributed by atoms with Crippen LogP contribution in [0.25, 0.3) is 10.9 Å². The summed E-state index contributed by atoms with van der Waals surface area (Å²) in [7, 11) is 0. The van der Waals surface area contributed by atoms with Crippen molar-refractivity contribution < 1.29 is 4.79 Å². The minimum atomic E-state index is -0.258. The van der Waals surface area contributed by atoms with Gasteiger partial charge in [0.2, 0.25) is 0 Å². The average Bonchev–Trinajstić information content (AvgIpc) is 2.50. The molecule has 0 bridgehead atoms. The van der Waals surface area contributed by atoms with Gasteiger partial charge in [0, 0.05) is 17.3 Å². The molecule has 0 atom stereocenters. The van der Waals surface area contributed by atoms with Crippen LogP contribution in [0.5, 0.6) is 0 Å². The molecule has 0 aliphatic heterocycles. The highest BCUT2D eigenvalue weighted by Crippen LogP contribution is 2.28. The second kappa shape index (κ2) is 5.50. The lowest BCUT2D eigenvalue weighted by atomic mass is 10.1. The van der Waals surface area contributed by atoms with Crippen molar-refractivity contribution in [2.75, 3.05) is 5.32 Å². The van der Waals surface area contributed by atoms with Crippen LogP contribution in [0.3, 0.4) is 0 Å². The maximum Gasteiger partial charge on any atom is 0.274 e. The minimum Gasteiger partial charge on any atom is -0.320 e. The Morgan fingerprint density at radius 3 is 2.81 bits per heavy atom. The molecule has 0 saturated heterocycles. The molecule has 3 rings (SSSR count). The Kier molecular flexibility index (Phi) is 3.54. The Morgan fingerprint density at radius 1 is 1.14 bits per heavy atom. The van der Waals surface area contributed by atoms with Crippen LogP contribution in [0.1, 0.15) is 16.2 Å². The second-order valence-corrected chi connectivity index (χ2v) is 5.02. The van der Waals surface area contributed by atoms with E-state index in [-0.39, 0.29) is 5.91 Å². The molecule has 1 N–H and O–H groups in total. The summed E-state index contributed by atoms with van der Waals surface area (Å²) in [5.74, 6) is -0.258. The molecule has 2 heterocycles. The summed E-state index contributed by atoms with van der Waals surface area (Å²) in [6.07, 6.45) is 1.67. The molecule has 0 unspecified atom stereocenters. The standard InChI is InChI=1S/C16H12ClN3O/c1-10-4-2-6-14(19-10)16(21)20-13-8-7-12(17)15-11(13)5-3-9-18-15/h2-9H,1H3,(H,20,21). The lowest BCUT2D eigenvalue weighted by Crippen LogP contribution is -2.14. The highest BCUT2D eigenvalue weighted by atomic mass is 35.5. The van der Waals surface area contributed by atoms with Crippen molar-refractivity contribution in [1.82, 2.24) is 9.97 Å². The van der Waals surface area contributed by atoms with E-state index in [1.54, 1.807) is 36.5 Å². The maximum atomic E-state index is 12.3. The maximum absolute atomic E-state index is 12.3. The molecule has 0 aliphatic rings. The summed E-state index contributed by atoms with van der Waals surface area (Å²) in [5.41, 5.74) is 2.50. The Hall–Kier alpha value is -2.46. The molecule has 1 aromatic carbocycles. The van der Waals surface area contributed by atoms with E-state index in [0.29, 0.717) is 21.9 Å². The van der Waals surface area contributed by atoms with Gasteiger partial charge in [0.1, 0.15) is 5.69 Å². The molecule has 104 valence electrons. The number of anilines is 1. The van der Waals surface area contributed by atoms with E-state index >= 15 is 0 Å². The van der Waals surface area contributed by atoms with Gasteiger partial charge in [-0.3, -0.25) is 9.78 Å². The first-order chi connectivity index (χ1) is 10.1. The molecule has 0 spiro atoms. The molecule has 0 aliphatic carbocycles. The predicted molar refractivity (Wildman–Crippen MR) is 83.7 cm³/mol. The number of carbonyl (C=O) groups excluding carboxylic acids is 1. The van der Waals surface area contributed by atoms with E-state index in [4.69, 9.17) is 11.6 Å². The van der Waals surface area contributed by atoms with Crippen LogP contribution in [0, 0.1) is 6.92 Å². The van der Waals surface area contributed by atoms with Crippen LogP contribution in [-0.2, 0) is 0 Å². The fourth-order valence-corrected chi connectivity index (χ4v) is 2.32. The highest BCUT2D eigenvalue weighted by molar-refractivity contribution is 6.35. The number of benzene rings is 1. The fourth-order valence-electron chi connectivity index (χ4n) is 2.10. The number of nitrogens with zero attached hydrogens (tertiary/aromatic N) is 2. The minimum absolute atomic E-state index is 0.258. The third kappa shape index (κ3) is 2.71. The van der Waals surface area contributed by atoms with E-state index in [1.165, 1.54) is 0 Å². The van der Waals surface area contributed by atoms with Crippen LogP contribution >= 0.6 is 11.6 Å². The molecular formula is C16H12ClN3O. The Bertz CT molecular complexity index is 833. The molecule has 5 heteroatoms. The second-order valence-electron chi connectivity index (χ2n) is 4.61. The number of fused-ring (bicyclic) bond motifs is 1. The number of aromatic nitrogens is 2. The van der Waals surface area contributed by atoms with E-state index in [0.717, 1.165) is 11.1 Å². The van der Waals surface area contributed by atoms with Crippen molar-refractivity contribution in [2.45, 2.75) is 6.92 Å². The quantitative estimate of drug-likeness (QED) is 0.782. The summed E-state index contributed by atoms with van der Waals surface area (Å²) >= 11 is 6.12. The Balaban J connectivity index is 1.99. The lowest BCUT2D eigenvalue weighted by molar-refractivity contribution is 0.102. The van der Waals surface area contributed by atoms with Gasteiger partial charge < -0.3 is 5.32 Å². The van der Waals surface area contributed by atoms with Crippen LogP contribution in [0.4, 0.5) is 5.69 Å².